The van der Waals surface area contributed by atoms with Gasteiger partial charge in [0, 0.05) is 11.4 Å². The molecule has 0 bridgehead atoms. The zero-order chi connectivity index (χ0) is 21.5. The van der Waals surface area contributed by atoms with Crippen molar-refractivity contribution in [2.24, 2.45) is 0 Å². The van der Waals surface area contributed by atoms with Gasteiger partial charge >= 0.3 is 0 Å². The van der Waals surface area contributed by atoms with Crippen LogP contribution in [-0.2, 0) is 0 Å². The van der Waals surface area contributed by atoms with Gasteiger partial charge in [0.25, 0.3) is 0 Å². The van der Waals surface area contributed by atoms with E-state index in [1.165, 1.54) is 11.8 Å². The number of hydrogen-bond donors (Lipinski definition) is 1. The number of thioether (sulfide) groups is 1. The zero-order valence-corrected chi connectivity index (χ0v) is 17.9. The van der Waals surface area contributed by atoms with Gasteiger partial charge in [-0.25, -0.2) is 0 Å². The molecule has 0 saturated carbocycles. The quantitative estimate of drug-likeness (QED) is 0.367. The Balaban J connectivity index is 1.41. The first-order valence-corrected chi connectivity index (χ1v) is 10.9. The second-order valence-corrected chi connectivity index (χ2v) is 7.62. The van der Waals surface area contributed by atoms with E-state index in [1.54, 1.807) is 6.26 Å². The van der Waals surface area contributed by atoms with Crippen molar-refractivity contribution in [3.05, 3.63) is 73.0 Å². The molecule has 0 radical (unpaired) electrons. The monoisotopic (exact) mass is 437 g/mol. The fourth-order valence-electron chi connectivity index (χ4n) is 2.95. The van der Waals surface area contributed by atoms with E-state index in [4.69, 9.17) is 13.9 Å². The van der Waals surface area contributed by atoms with Gasteiger partial charge in [0.2, 0.25) is 5.82 Å². The molecule has 7 nitrogen and oxygen atoms in total. The molecule has 31 heavy (non-hydrogen) atoms. The van der Waals surface area contributed by atoms with Crippen molar-refractivity contribution >= 4 is 11.8 Å². The fraction of sp³-hybridized carbons (Fsp3) is 0.217. The number of furan rings is 1. The minimum Gasteiger partial charge on any atom is -0.494 e. The third-order valence-electron chi connectivity index (χ3n) is 4.37. The first-order valence-electron chi connectivity index (χ1n) is 9.96. The van der Waals surface area contributed by atoms with Crippen LogP contribution in [0.3, 0.4) is 0 Å². The molecule has 4 rings (SSSR count). The third kappa shape index (κ3) is 5.28. The summed E-state index contributed by atoms with van der Waals surface area (Å²) in [7, 11) is 0. The summed E-state index contributed by atoms with van der Waals surface area (Å²) in [6.45, 7) is 2.73. The molecule has 2 aromatic heterocycles. The van der Waals surface area contributed by atoms with Crippen molar-refractivity contribution in [2.45, 2.75) is 18.2 Å². The van der Waals surface area contributed by atoms with E-state index in [2.05, 4.69) is 10.2 Å². The predicted molar refractivity (Wildman–Crippen MR) is 119 cm³/mol. The number of benzene rings is 2. The summed E-state index contributed by atoms with van der Waals surface area (Å²) in [6.07, 6.45) is 0.929. The number of rotatable bonds is 10. The number of para-hydroxylation sites is 1. The molecular formula is C23H23N3O4S. The molecule has 2 heterocycles. The Bertz CT molecular complexity index is 1070. The van der Waals surface area contributed by atoms with Crippen molar-refractivity contribution in [3.8, 4) is 28.8 Å². The maximum Gasteiger partial charge on any atom is 0.205 e. The predicted octanol–water partition coefficient (Wildman–Crippen LogP) is 4.46. The van der Waals surface area contributed by atoms with Crippen LogP contribution in [0.5, 0.6) is 11.5 Å². The van der Waals surface area contributed by atoms with E-state index in [0.29, 0.717) is 34.9 Å². The van der Waals surface area contributed by atoms with Gasteiger partial charge in [-0.1, -0.05) is 30.0 Å². The Morgan fingerprint density at radius 3 is 2.39 bits per heavy atom. The molecule has 0 aliphatic heterocycles. The number of aliphatic hydroxyl groups is 1. The molecule has 2 aromatic carbocycles. The normalized spacial score (nSPS) is 11.9. The molecule has 1 N–H and O–H groups in total. The molecule has 160 valence electrons. The lowest BCUT2D eigenvalue weighted by atomic mass is 10.3. The van der Waals surface area contributed by atoms with Crippen LogP contribution in [-0.4, -0.2) is 44.9 Å². The summed E-state index contributed by atoms with van der Waals surface area (Å²) in [5, 5.41) is 19.7. The van der Waals surface area contributed by atoms with Gasteiger partial charge in [0.05, 0.1) is 19.0 Å². The van der Waals surface area contributed by atoms with Crippen molar-refractivity contribution in [2.75, 3.05) is 19.0 Å². The first-order chi connectivity index (χ1) is 15.2. The molecule has 0 spiro atoms. The fourth-order valence-corrected chi connectivity index (χ4v) is 3.81. The Hall–Kier alpha value is -3.23. The van der Waals surface area contributed by atoms with Crippen molar-refractivity contribution < 1.29 is 19.0 Å². The number of aliphatic hydroxyl groups excluding tert-OH is 1. The van der Waals surface area contributed by atoms with Gasteiger partial charge in [-0.15, -0.1) is 10.2 Å². The summed E-state index contributed by atoms with van der Waals surface area (Å²) in [5.74, 6) is 3.11. The van der Waals surface area contributed by atoms with E-state index < -0.39 is 6.10 Å². The molecule has 0 saturated heterocycles. The lowest BCUT2D eigenvalue weighted by molar-refractivity contribution is 0.126. The molecule has 8 heteroatoms. The van der Waals surface area contributed by atoms with Crippen LogP contribution in [0, 0.1) is 0 Å². The summed E-state index contributed by atoms with van der Waals surface area (Å²) in [6, 6.07) is 20.8. The van der Waals surface area contributed by atoms with Crippen LogP contribution in [0.15, 0.2) is 82.6 Å². The van der Waals surface area contributed by atoms with Gasteiger partial charge in [-0.05, 0) is 55.5 Å². The largest absolute Gasteiger partial charge is 0.494 e. The Labute approximate surface area is 184 Å². The van der Waals surface area contributed by atoms with Gasteiger partial charge < -0.3 is 19.0 Å². The highest BCUT2D eigenvalue weighted by Gasteiger charge is 2.19. The van der Waals surface area contributed by atoms with Crippen LogP contribution in [0.25, 0.3) is 17.3 Å². The van der Waals surface area contributed by atoms with Gasteiger partial charge in [-0.2, -0.15) is 0 Å². The van der Waals surface area contributed by atoms with E-state index in [1.807, 2.05) is 78.2 Å². The van der Waals surface area contributed by atoms with Crippen LogP contribution in [0.4, 0.5) is 0 Å². The summed E-state index contributed by atoms with van der Waals surface area (Å²) < 4.78 is 18.6. The van der Waals surface area contributed by atoms with Crippen molar-refractivity contribution in [1.29, 1.82) is 0 Å². The topological polar surface area (TPSA) is 82.5 Å². The van der Waals surface area contributed by atoms with Crippen molar-refractivity contribution in [1.82, 2.24) is 14.8 Å². The molecule has 0 aliphatic carbocycles. The molecule has 4 aromatic rings. The van der Waals surface area contributed by atoms with E-state index in [0.717, 1.165) is 11.4 Å². The van der Waals surface area contributed by atoms with E-state index >= 15 is 0 Å². The first kappa shape index (κ1) is 21.0. The van der Waals surface area contributed by atoms with Crippen LogP contribution >= 0.6 is 11.8 Å². The number of ether oxygens (including phenoxy) is 2. The minimum absolute atomic E-state index is 0.172. The smallest absolute Gasteiger partial charge is 0.205 e. The van der Waals surface area contributed by atoms with Gasteiger partial charge in [-0.3, -0.25) is 4.57 Å². The minimum atomic E-state index is -0.676. The average Bonchev–Trinajstić information content (AvgIpc) is 3.48. The second kappa shape index (κ2) is 10.2. The Morgan fingerprint density at radius 1 is 0.968 bits per heavy atom. The molecule has 1 atom stereocenters. The maximum atomic E-state index is 10.4. The highest BCUT2D eigenvalue weighted by atomic mass is 32.2. The molecule has 0 fully saturated rings. The molecule has 0 amide bonds. The van der Waals surface area contributed by atoms with Gasteiger partial charge in [0.15, 0.2) is 10.9 Å². The number of aromatic nitrogens is 3. The summed E-state index contributed by atoms with van der Waals surface area (Å²) in [4.78, 5) is 0. The van der Waals surface area contributed by atoms with Crippen molar-refractivity contribution in [3.63, 3.8) is 0 Å². The maximum absolute atomic E-state index is 10.4. The standard InChI is InChI=1S/C23H23N3O4S/c1-2-28-19-10-12-20(13-11-19)30-15-18(27)16-31-23-25-24-22(21-9-6-14-29-21)26(23)17-7-4-3-5-8-17/h3-14,18,27H,2,15-16H2,1H3. The molecular weight excluding hydrogens is 414 g/mol. The highest BCUT2D eigenvalue weighted by molar-refractivity contribution is 7.99. The zero-order valence-electron chi connectivity index (χ0n) is 17.0. The van der Waals surface area contributed by atoms with Crippen LogP contribution in [0.2, 0.25) is 0 Å². The average molecular weight is 438 g/mol. The summed E-state index contributed by atoms with van der Waals surface area (Å²) in [5.41, 5.74) is 0.918. The lowest BCUT2D eigenvalue weighted by Gasteiger charge is -2.13. The van der Waals surface area contributed by atoms with E-state index in [9.17, 15) is 5.11 Å². The lowest BCUT2D eigenvalue weighted by Crippen LogP contribution is -2.20. The molecule has 1 unspecified atom stereocenters. The van der Waals surface area contributed by atoms with E-state index in [-0.39, 0.29) is 6.61 Å². The van der Waals surface area contributed by atoms with Crippen LogP contribution in [0.1, 0.15) is 6.92 Å². The third-order valence-corrected chi connectivity index (χ3v) is 5.45. The number of nitrogens with zero attached hydrogens (tertiary/aromatic N) is 3. The molecule has 0 aliphatic rings. The second-order valence-electron chi connectivity index (χ2n) is 6.63. The van der Waals surface area contributed by atoms with Gasteiger partial charge in [0.1, 0.15) is 18.1 Å². The SMILES string of the molecule is CCOc1ccc(OCC(O)CSc2nnc(-c3ccco3)n2-c2ccccc2)cc1. The Kier molecular flexibility index (Phi) is 6.91. The highest BCUT2D eigenvalue weighted by Crippen LogP contribution is 2.28. The number of hydrogen-bond acceptors (Lipinski definition) is 7. The Morgan fingerprint density at radius 2 is 1.71 bits per heavy atom. The summed E-state index contributed by atoms with van der Waals surface area (Å²) >= 11 is 1.41. The van der Waals surface area contributed by atoms with Crippen LogP contribution < -0.4 is 9.47 Å².